The first kappa shape index (κ1) is 15.9. The van der Waals surface area contributed by atoms with Gasteiger partial charge in [0, 0.05) is 31.3 Å². The number of nitrogens with zero attached hydrogens (tertiary/aromatic N) is 6. The Kier molecular flexibility index (Phi) is 3.31. The Bertz CT molecular complexity index is 1120. The Morgan fingerprint density at radius 1 is 1.15 bits per heavy atom. The van der Waals surface area contributed by atoms with E-state index in [9.17, 15) is 13.2 Å². The van der Waals surface area contributed by atoms with Crippen LogP contribution >= 0.6 is 0 Å². The molecule has 0 atom stereocenters. The summed E-state index contributed by atoms with van der Waals surface area (Å²) in [6.45, 7) is 1.48. The minimum Gasteiger partial charge on any atom is -0.343 e. The number of H-pyrrole nitrogens is 2. The van der Waals surface area contributed by atoms with E-state index in [1.54, 1.807) is 10.6 Å². The van der Waals surface area contributed by atoms with Crippen molar-refractivity contribution in [3.8, 4) is 22.9 Å². The topological polar surface area (TPSA) is 112 Å². The summed E-state index contributed by atoms with van der Waals surface area (Å²) in [6.07, 6.45) is 1.04. The van der Waals surface area contributed by atoms with Crippen molar-refractivity contribution >= 4 is 5.78 Å². The van der Waals surface area contributed by atoms with Gasteiger partial charge in [-0.05, 0) is 0 Å². The summed E-state index contributed by atoms with van der Waals surface area (Å²) in [5.41, 5.74) is 3.22. The Morgan fingerprint density at radius 2 is 2.04 bits per heavy atom. The van der Waals surface area contributed by atoms with E-state index in [0.717, 1.165) is 24.2 Å². The van der Waals surface area contributed by atoms with Crippen LogP contribution in [0.1, 0.15) is 17.1 Å². The van der Waals surface area contributed by atoms with E-state index < -0.39 is 12.0 Å². The van der Waals surface area contributed by atoms with Crippen LogP contribution < -0.4 is 5.32 Å². The van der Waals surface area contributed by atoms with Gasteiger partial charge in [-0.3, -0.25) is 9.50 Å². The van der Waals surface area contributed by atoms with Gasteiger partial charge in [0.1, 0.15) is 11.4 Å². The molecule has 0 fully saturated rings. The van der Waals surface area contributed by atoms with E-state index in [2.05, 4.69) is 40.4 Å². The SMILES string of the molecule is FC(F)(F)c1n[nH]c(-c2nc3nc4c(cn3c2-c2cnc[nH]2)CNCC4)n1. The van der Waals surface area contributed by atoms with E-state index in [0.29, 0.717) is 23.7 Å². The maximum atomic E-state index is 12.9. The number of nitrogens with one attached hydrogen (secondary N) is 3. The first-order chi connectivity index (χ1) is 13.0. The van der Waals surface area contributed by atoms with Gasteiger partial charge in [-0.25, -0.2) is 19.9 Å². The lowest BCUT2D eigenvalue weighted by atomic mass is 10.1. The van der Waals surface area contributed by atoms with Crippen LogP contribution in [0.25, 0.3) is 28.7 Å². The fraction of sp³-hybridized carbons (Fsp3) is 0.267. The highest BCUT2D eigenvalue weighted by molar-refractivity contribution is 5.76. The third-order valence-electron chi connectivity index (χ3n) is 4.35. The second kappa shape index (κ2) is 5.61. The number of aromatic nitrogens is 8. The van der Waals surface area contributed by atoms with E-state index >= 15 is 0 Å². The smallest absolute Gasteiger partial charge is 0.343 e. The van der Waals surface area contributed by atoms with Gasteiger partial charge in [-0.1, -0.05) is 0 Å². The van der Waals surface area contributed by atoms with E-state index in [1.807, 2.05) is 6.20 Å². The zero-order chi connectivity index (χ0) is 18.6. The van der Waals surface area contributed by atoms with Crippen molar-refractivity contribution in [3.05, 3.63) is 35.8 Å². The number of alkyl halides is 3. The molecule has 138 valence electrons. The molecule has 9 nitrogen and oxygen atoms in total. The minimum atomic E-state index is -4.65. The average molecular weight is 375 g/mol. The van der Waals surface area contributed by atoms with Gasteiger partial charge in [0.15, 0.2) is 5.82 Å². The monoisotopic (exact) mass is 375 g/mol. The van der Waals surface area contributed by atoms with Crippen LogP contribution in [0.3, 0.4) is 0 Å². The maximum absolute atomic E-state index is 12.9. The highest BCUT2D eigenvalue weighted by atomic mass is 19.4. The number of imidazole rings is 2. The maximum Gasteiger partial charge on any atom is 0.453 e. The molecule has 0 aliphatic carbocycles. The van der Waals surface area contributed by atoms with Crippen molar-refractivity contribution in [2.45, 2.75) is 19.1 Å². The minimum absolute atomic E-state index is 0.0893. The summed E-state index contributed by atoms with van der Waals surface area (Å²) in [4.78, 5) is 19.5. The Morgan fingerprint density at radius 3 is 2.78 bits per heavy atom. The normalized spacial score (nSPS) is 14.6. The Balaban J connectivity index is 1.76. The van der Waals surface area contributed by atoms with Gasteiger partial charge in [-0.15, -0.1) is 5.10 Å². The molecule has 0 amide bonds. The number of hydrogen-bond acceptors (Lipinski definition) is 6. The lowest BCUT2D eigenvalue weighted by molar-refractivity contribution is -0.144. The molecule has 0 saturated carbocycles. The third kappa shape index (κ3) is 2.56. The Hall–Kier alpha value is -3.28. The fourth-order valence-electron chi connectivity index (χ4n) is 3.14. The zero-order valence-corrected chi connectivity index (χ0v) is 13.7. The highest BCUT2D eigenvalue weighted by Gasteiger charge is 2.37. The molecular formula is C15H12F3N9. The number of rotatable bonds is 2. The van der Waals surface area contributed by atoms with Gasteiger partial charge < -0.3 is 10.3 Å². The van der Waals surface area contributed by atoms with Crippen molar-refractivity contribution in [3.63, 3.8) is 0 Å². The number of fused-ring (bicyclic) bond motifs is 2. The molecule has 0 spiro atoms. The molecule has 3 N–H and O–H groups in total. The Labute approximate surface area is 149 Å². The molecular weight excluding hydrogens is 363 g/mol. The zero-order valence-electron chi connectivity index (χ0n) is 13.7. The summed E-state index contributed by atoms with van der Waals surface area (Å²) in [7, 11) is 0. The lowest BCUT2D eigenvalue weighted by Crippen LogP contribution is -2.25. The second-order valence-corrected chi connectivity index (χ2v) is 6.09. The summed E-state index contributed by atoms with van der Waals surface area (Å²) in [5.74, 6) is -0.963. The van der Waals surface area contributed by atoms with Crippen LogP contribution in [-0.2, 0) is 19.1 Å². The van der Waals surface area contributed by atoms with E-state index in [4.69, 9.17) is 0 Å². The van der Waals surface area contributed by atoms with Crippen LogP contribution in [0.2, 0.25) is 0 Å². The van der Waals surface area contributed by atoms with Gasteiger partial charge in [0.05, 0.1) is 23.9 Å². The first-order valence-corrected chi connectivity index (χ1v) is 8.11. The molecule has 12 heteroatoms. The second-order valence-electron chi connectivity index (χ2n) is 6.09. The average Bonchev–Trinajstić information content (AvgIpc) is 3.36. The van der Waals surface area contributed by atoms with Crippen LogP contribution in [0.5, 0.6) is 0 Å². The lowest BCUT2D eigenvalue weighted by Gasteiger charge is -2.16. The molecule has 5 heterocycles. The van der Waals surface area contributed by atoms with Gasteiger partial charge in [0.2, 0.25) is 5.78 Å². The van der Waals surface area contributed by atoms with Crippen LogP contribution in [0, 0.1) is 0 Å². The van der Waals surface area contributed by atoms with Crippen molar-refractivity contribution in [1.29, 1.82) is 0 Å². The molecule has 4 aromatic rings. The molecule has 0 radical (unpaired) electrons. The molecule has 1 aliphatic rings. The van der Waals surface area contributed by atoms with Crippen LogP contribution in [0.4, 0.5) is 13.2 Å². The molecule has 0 saturated heterocycles. The standard InChI is InChI=1S/C15H12F3N9/c16-15(17,18)13-24-12(25-26-13)10-11(9-4-20-6-21-9)27-5-7-3-19-2-1-8(7)22-14(27)23-10/h4-6,19H,1-3H2,(H,20,21)(H,24,25,26). The van der Waals surface area contributed by atoms with Gasteiger partial charge >= 0.3 is 6.18 Å². The van der Waals surface area contributed by atoms with Crippen molar-refractivity contribution in [2.75, 3.05) is 6.54 Å². The van der Waals surface area contributed by atoms with Crippen molar-refractivity contribution < 1.29 is 13.2 Å². The van der Waals surface area contributed by atoms with Gasteiger partial charge in [-0.2, -0.15) is 13.2 Å². The number of halogens is 3. The summed E-state index contributed by atoms with van der Waals surface area (Å²) in [5, 5.41) is 8.87. The van der Waals surface area contributed by atoms with Crippen LogP contribution in [0.15, 0.2) is 18.7 Å². The quantitative estimate of drug-likeness (QED) is 0.490. The van der Waals surface area contributed by atoms with E-state index in [-0.39, 0.29) is 11.5 Å². The predicted octanol–water partition coefficient (Wildman–Crippen LogP) is 1.57. The highest BCUT2D eigenvalue weighted by Crippen LogP contribution is 2.32. The molecule has 1 aliphatic heterocycles. The van der Waals surface area contributed by atoms with Crippen molar-refractivity contribution in [2.24, 2.45) is 0 Å². The van der Waals surface area contributed by atoms with Gasteiger partial charge in [0.25, 0.3) is 5.82 Å². The fourth-order valence-corrected chi connectivity index (χ4v) is 3.14. The molecule has 5 rings (SSSR count). The largest absolute Gasteiger partial charge is 0.453 e. The predicted molar refractivity (Wildman–Crippen MR) is 86.4 cm³/mol. The number of hydrogen-bond donors (Lipinski definition) is 3. The molecule has 0 bridgehead atoms. The van der Waals surface area contributed by atoms with E-state index in [1.165, 1.54) is 6.33 Å². The third-order valence-corrected chi connectivity index (χ3v) is 4.35. The summed E-state index contributed by atoms with van der Waals surface area (Å²) in [6, 6.07) is 0. The van der Waals surface area contributed by atoms with Crippen molar-refractivity contribution in [1.82, 2.24) is 44.8 Å². The summed E-state index contributed by atoms with van der Waals surface area (Å²) >= 11 is 0. The van der Waals surface area contributed by atoms with Crippen LogP contribution in [-0.4, -0.2) is 46.1 Å². The molecule has 0 aromatic carbocycles. The first-order valence-electron chi connectivity index (χ1n) is 8.11. The molecule has 27 heavy (non-hydrogen) atoms. The summed E-state index contributed by atoms with van der Waals surface area (Å²) < 4.78 is 40.4. The molecule has 4 aromatic heterocycles. The molecule has 0 unspecified atom stereocenters. The number of aromatic amines is 2.